The van der Waals surface area contributed by atoms with Gasteiger partial charge >= 0.3 is 0 Å². The molecule has 2 N–H and O–H groups in total. The van der Waals surface area contributed by atoms with E-state index >= 15 is 0 Å². The molecule has 0 aliphatic heterocycles. The van der Waals surface area contributed by atoms with Crippen molar-refractivity contribution in [3.8, 4) is 11.5 Å². The zero-order valence-corrected chi connectivity index (χ0v) is 9.61. The second-order valence-corrected chi connectivity index (χ2v) is 3.86. The summed E-state index contributed by atoms with van der Waals surface area (Å²) in [4.78, 5) is 7.24. The molecule has 0 aliphatic rings. The third-order valence-electron chi connectivity index (χ3n) is 1.69. The van der Waals surface area contributed by atoms with Gasteiger partial charge in [-0.1, -0.05) is 12.2 Å². The van der Waals surface area contributed by atoms with Gasteiger partial charge in [0.25, 0.3) is 0 Å². The van der Waals surface area contributed by atoms with Gasteiger partial charge in [-0.3, -0.25) is 0 Å². The van der Waals surface area contributed by atoms with Crippen molar-refractivity contribution in [1.82, 2.24) is 25.4 Å². The number of H-pyrrole nitrogens is 2. The van der Waals surface area contributed by atoms with Gasteiger partial charge in [0.15, 0.2) is 5.82 Å². The van der Waals surface area contributed by atoms with Crippen LogP contribution >= 0.6 is 28.1 Å². The Bertz CT molecular complexity index is 503. The first-order valence-corrected chi connectivity index (χ1v) is 5.01. The molecule has 14 heavy (non-hydrogen) atoms. The highest BCUT2D eigenvalue weighted by molar-refractivity contribution is 9.10. The summed E-state index contributed by atoms with van der Waals surface area (Å²) in [7, 11) is 0. The van der Waals surface area contributed by atoms with Crippen LogP contribution in [-0.4, -0.2) is 25.4 Å². The third-order valence-corrected chi connectivity index (χ3v) is 3.22. The van der Waals surface area contributed by atoms with Gasteiger partial charge in [0, 0.05) is 5.69 Å². The minimum Gasteiger partial charge on any atom is -0.341 e. The fourth-order valence-electron chi connectivity index (χ4n) is 1.01. The highest BCUT2D eigenvalue weighted by atomic mass is 79.9. The molecule has 0 atom stereocenters. The number of nitrogens with one attached hydrogen (secondary N) is 2. The molecule has 5 nitrogen and oxygen atoms in total. The Morgan fingerprint density at radius 2 is 2.29 bits per heavy atom. The lowest BCUT2D eigenvalue weighted by Gasteiger charge is -2.01. The van der Waals surface area contributed by atoms with Gasteiger partial charge in [-0.15, -0.1) is 0 Å². The van der Waals surface area contributed by atoms with Gasteiger partial charge in [0.2, 0.25) is 0 Å². The van der Waals surface area contributed by atoms with Crippen LogP contribution in [0.1, 0.15) is 5.69 Å². The number of hydrogen-bond acceptors (Lipinski definition) is 4. The average Bonchev–Trinajstić information content (AvgIpc) is 2.66. The van der Waals surface area contributed by atoms with Gasteiger partial charge in [0.05, 0.1) is 10.7 Å². The van der Waals surface area contributed by atoms with Crippen LogP contribution < -0.4 is 0 Å². The number of rotatable bonds is 1. The standard InChI is InChI=1S/C7H6BrN5S/c1-3-5(8)7(14)11-6(10-3)4-2-9-13-12-4/h2H,1H3,(H,9,12,13)(H,10,11,14). The Morgan fingerprint density at radius 3 is 2.86 bits per heavy atom. The lowest BCUT2D eigenvalue weighted by molar-refractivity contribution is 0.936. The van der Waals surface area contributed by atoms with Gasteiger partial charge < -0.3 is 4.98 Å². The first kappa shape index (κ1) is 9.47. The largest absolute Gasteiger partial charge is 0.341 e. The average molecular weight is 272 g/mol. The Labute approximate surface area is 93.1 Å². The van der Waals surface area contributed by atoms with Crippen molar-refractivity contribution in [3.05, 3.63) is 21.0 Å². The van der Waals surface area contributed by atoms with Crippen molar-refractivity contribution in [2.75, 3.05) is 0 Å². The Morgan fingerprint density at radius 1 is 1.50 bits per heavy atom. The van der Waals surface area contributed by atoms with Crippen molar-refractivity contribution < 1.29 is 0 Å². The van der Waals surface area contributed by atoms with Crippen molar-refractivity contribution in [1.29, 1.82) is 0 Å². The molecule has 0 saturated carbocycles. The SMILES string of the molecule is Cc1[nH]c(-c2cn[nH]n2)nc(=S)c1Br. The number of aromatic nitrogens is 5. The molecule has 7 heteroatoms. The molecular formula is C7H6BrN5S. The van der Waals surface area contributed by atoms with E-state index in [1.807, 2.05) is 6.92 Å². The van der Waals surface area contributed by atoms with Gasteiger partial charge in [-0.2, -0.15) is 15.4 Å². The van der Waals surface area contributed by atoms with E-state index < -0.39 is 0 Å². The first-order valence-electron chi connectivity index (χ1n) is 3.81. The van der Waals surface area contributed by atoms with Crippen LogP contribution in [0.15, 0.2) is 10.7 Å². The van der Waals surface area contributed by atoms with Crippen LogP contribution in [0.4, 0.5) is 0 Å². The summed E-state index contributed by atoms with van der Waals surface area (Å²) in [5.41, 5.74) is 1.56. The summed E-state index contributed by atoms with van der Waals surface area (Å²) < 4.78 is 1.32. The molecule has 0 unspecified atom stereocenters. The maximum atomic E-state index is 5.07. The first-order chi connectivity index (χ1) is 6.68. The molecule has 0 amide bonds. The Hall–Kier alpha value is -1.08. The Kier molecular flexibility index (Phi) is 2.42. The second-order valence-electron chi connectivity index (χ2n) is 2.68. The summed E-state index contributed by atoms with van der Waals surface area (Å²) >= 11 is 8.40. The number of aryl methyl sites for hydroxylation is 1. The number of halogens is 1. The molecule has 72 valence electrons. The molecule has 2 heterocycles. The van der Waals surface area contributed by atoms with E-state index in [1.165, 1.54) is 0 Å². The zero-order chi connectivity index (χ0) is 10.1. The van der Waals surface area contributed by atoms with E-state index in [9.17, 15) is 0 Å². The zero-order valence-electron chi connectivity index (χ0n) is 7.21. The summed E-state index contributed by atoms with van der Waals surface area (Å²) in [6, 6.07) is 0. The molecule has 0 spiro atoms. The molecule has 0 saturated heterocycles. The van der Waals surface area contributed by atoms with Crippen LogP contribution in [0.2, 0.25) is 0 Å². The monoisotopic (exact) mass is 271 g/mol. The molecule has 0 aromatic carbocycles. The highest BCUT2D eigenvalue weighted by Crippen LogP contribution is 2.18. The van der Waals surface area contributed by atoms with Crippen LogP contribution in [0.3, 0.4) is 0 Å². The van der Waals surface area contributed by atoms with Crippen LogP contribution in [-0.2, 0) is 0 Å². The maximum Gasteiger partial charge on any atom is 0.161 e. The summed E-state index contributed by atoms with van der Waals surface area (Å²) in [6.07, 6.45) is 1.58. The normalized spacial score (nSPS) is 10.4. The topological polar surface area (TPSA) is 70.2 Å². The smallest absolute Gasteiger partial charge is 0.161 e. The third kappa shape index (κ3) is 1.60. The fraction of sp³-hybridized carbons (Fsp3) is 0.143. The second kappa shape index (κ2) is 3.58. The van der Waals surface area contributed by atoms with Crippen molar-refractivity contribution in [3.63, 3.8) is 0 Å². The van der Waals surface area contributed by atoms with Crippen LogP contribution in [0.25, 0.3) is 11.5 Å². The van der Waals surface area contributed by atoms with Crippen molar-refractivity contribution in [2.24, 2.45) is 0 Å². The van der Waals surface area contributed by atoms with Gasteiger partial charge in [-0.05, 0) is 22.9 Å². The molecule has 0 aliphatic carbocycles. The van der Waals surface area contributed by atoms with E-state index in [2.05, 4.69) is 41.3 Å². The molecule has 0 radical (unpaired) electrons. The lowest BCUT2D eigenvalue weighted by atomic mass is 10.4. The molecule has 2 aromatic heterocycles. The minimum absolute atomic E-state index is 0.513. The predicted octanol–water partition coefficient (Wildman–Crippen LogP) is 2.00. The highest BCUT2D eigenvalue weighted by Gasteiger charge is 2.06. The molecule has 0 bridgehead atoms. The summed E-state index contributed by atoms with van der Waals surface area (Å²) in [5.74, 6) is 0.615. The maximum absolute atomic E-state index is 5.07. The quantitative estimate of drug-likeness (QED) is 0.779. The number of nitrogens with zero attached hydrogens (tertiary/aromatic N) is 3. The van der Waals surface area contributed by atoms with E-state index in [1.54, 1.807) is 6.20 Å². The lowest BCUT2D eigenvalue weighted by Crippen LogP contribution is -1.94. The molecule has 2 rings (SSSR count). The summed E-state index contributed by atoms with van der Waals surface area (Å²) in [6.45, 7) is 1.91. The van der Waals surface area contributed by atoms with Crippen LogP contribution in [0.5, 0.6) is 0 Å². The molecule has 0 fully saturated rings. The number of hydrogen-bond donors (Lipinski definition) is 2. The van der Waals surface area contributed by atoms with E-state index in [4.69, 9.17) is 12.2 Å². The fourth-order valence-corrected chi connectivity index (χ4v) is 1.44. The van der Waals surface area contributed by atoms with E-state index in [0.29, 0.717) is 16.2 Å². The van der Waals surface area contributed by atoms with Gasteiger partial charge in [-0.25, -0.2) is 4.98 Å². The van der Waals surface area contributed by atoms with E-state index in [-0.39, 0.29) is 0 Å². The minimum atomic E-state index is 0.513. The van der Waals surface area contributed by atoms with Crippen LogP contribution in [0, 0.1) is 11.6 Å². The number of aromatic amines is 2. The Balaban J connectivity index is 2.63. The molecular weight excluding hydrogens is 266 g/mol. The van der Waals surface area contributed by atoms with E-state index in [0.717, 1.165) is 10.2 Å². The van der Waals surface area contributed by atoms with Crippen molar-refractivity contribution in [2.45, 2.75) is 6.92 Å². The van der Waals surface area contributed by atoms with Gasteiger partial charge in [0.1, 0.15) is 10.3 Å². The van der Waals surface area contributed by atoms with Crippen molar-refractivity contribution >= 4 is 28.1 Å². The summed E-state index contributed by atoms with van der Waals surface area (Å²) in [5, 5.41) is 10.1. The molecule has 2 aromatic rings. The predicted molar refractivity (Wildman–Crippen MR) is 57.2 cm³/mol.